The highest BCUT2D eigenvalue weighted by molar-refractivity contribution is 6.30. The third-order valence-electron chi connectivity index (χ3n) is 10.0. The van der Waals surface area contributed by atoms with Crippen LogP contribution in [0, 0.1) is 20.8 Å². The molecule has 222 valence electrons. The first kappa shape index (κ1) is 28.3. The lowest BCUT2D eigenvalue weighted by Crippen LogP contribution is -2.05. The molecule has 0 heteroatoms. The molecule has 8 rings (SSSR count). The Kier molecular flexibility index (Phi) is 6.95. The Balaban J connectivity index is 1.74. The van der Waals surface area contributed by atoms with Gasteiger partial charge < -0.3 is 0 Å². The Morgan fingerprint density at radius 2 is 0.978 bits per heavy atom. The lowest BCUT2D eigenvalue weighted by atomic mass is 9.75. The third-order valence-corrected chi connectivity index (χ3v) is 10.0. The van der Waals surface area contributed by atoms with Crippen molar-refractivity contribution in [1.29, 1.82) is 0 Å². The van der Waals surface area contributed by atoms with Gasteiger partial charge in [-0.3, -0.25) is 0 Å². The van der Waals surface area contributed by atoms with Gasteiger partial charge in [-0.15, -0.1) is 0 Å². The van der Waals surface area contributed by atoms with Gasteiger partial charge in [-0.1, -0.05) is 151 Å². The fourth-order valence-electron chi connectivity index (χ4n) is 7.63. The van der Waals surface area contributed by atoms with Crippen LogP contribution in [0.5, 0.6) is 0 Å². The molecule has 1 atom stereocenters. The van der Waals surface area contributed by atoms with E-state index in [1.807, 2.05) is 0 Å². The largest absolute Gasteiger partial charge is 0.0807 e. The molecule has 0 radical (unpaired) electrons. The highest BCUT2D eigenvalue weighted by Crippen LogP contribution is 2.53. The molecule has 46 heavy (non-hydrogen) atoms. The highest BCUT2D eigenvalue weighted by atomic mass is 14.3. The molecule has 0 bridgehead atoms. The van der Waals surface area contributed by atoms with Gasteiger partial charge in [-0.25, -0.2) is 0 Å². The maximum Gasteiger partial charge on any atom is 0.00684 e. The van der Waals surface area contributed by atoms with Crippen LogP contribution < -0.4 is 0 Å². The Labute approximate surface area is 272 Å². The number of aryl methyl sites for hydroxylation is 3. The third kappa shape index (κ3) is 4.60. The summed E-state index contributed by atoms with van der Waals surface area (Å²) < 4.78 is 0. The van der Waals surface area contributed by atoms with E-state index in [1.54, 1.807) is 0 Å². The summed E-state index contributed by atoms with van der Waals surface area (Å²) in [5.41, 5.74) is 14.4. The number of allylic oxidation sites excluding steroid dienone is 4. The highest BCUT2D eigenvalue weighted by Gasteiger charge is 2.28. The van der Waals surface area contributed by atoms with Crippen LogP contribution in [-0.2, 0) is 0 Å². The SMILES string of the molecule is CC1=CCC(c2c3ccccc3c(-c3ccc(C)cc3)c3c(-c4ccccc4)c4cc(C)c(C)cc4c(-c4ccccc4)c23)C=C1. The number of rotatable bonds is 4. The number of fused-ring (bicyclic) bond motifs is 3. The Bertz CT molecular complexity index is 2330. The molecule has 0 fully saturated rings. The predicted octanol–water partition coefficient (Wildman–Crippen LogP) is 13.1. The molecule has 0 spiro atoms. The monoisotopic (exact) mass is 590 g/mol. The van der Waals surface area contributed by atoms with Gasteiger partial charge in [0.2, 0.25) is 0 Å². The lowest BCUT2D eigenvalue weighted by molar-refractivity contribution is 0.860. The topological polar surface area (TPSA) is 0 Å². The second-order valence-electron chi connectivity index (χ2n) is 13.1. The van der Waals surface area contributed by atoms with Gasteiger partial charge in [0, 0.05) is 5.92 Å². The van der Waals surface area contributed by atoms with Crippen molar-refractivity contribution in [3.63, 3.8) is 0 Å². The zero-order chi connectivity index (χ0) is 31.4. The van der Waals surface area contributed by atoms with Gasteiger partial charge in [-0.2, -0.15) is 0 Å². The van der Waals surface area contributed by atoms with E-state index in [2.05, 4.69) is 167 Å². The average molecular weight is 591 g/mol. The summed E-state index contributed by atoms with van der Waals surface area (Å²) in [7, 11) is 0. The molecular formula is C46H38. The molecule has 1 aliphatic carbocycles. The maximum atomic E-state index is 2.45. The molecule has 0 saturated carbocycles. The fraction of sp³-hybridized carbons (Fsp3) is 0.130. The van der Waals surface area contributed by atoms with Crippen molar-refractivity contribution in [1.82, 2.24) is 0 Å². The van der Waals surface area contributed by atoms with Crippen molar-refractivity contribution in [2.45, 2.75) is 40.0 Å². The van der Waals surface area contributed by atoms with Crippen LogP contribution >= 0.6 is 0 Å². The summed E-state index contributed by atoms with van der Waals surface area (Å²) in [5.74, 6) is 0.262. The zero-order valence-electron chi connectivity index (χ0n) is 27.1. The van der Waals surface area contributed by atoms with E-state index in [0.717, 1.165) is 6.42 Å². The number of hydrogen-bond acceptors (Lipinski definition) is 0. The second kappa shape index (κ2) is 11.3. The lowest BCUT2D eigenvalue weighted by Gasteiger charge is -2.28. The number of hydrogen-bond donors (Lipinski definition) is 0. The van der Waals surface area contributed by atoms with Crippen molar-refractivity contribution in [3.8, 4) is 33.4 Å². The van der Waals surface area contributed by atoms with Crippen molar-refractivity contribution < 1.29 is 0 Å². The van der Waals surface area contributed by atoms with E-state index in [9.17, 15) is 0 Å². The smallest absolute Gasteiger partial charge is 0.00684 e. The molecule has 0 heterocycles. The molecule has 7 aromatic carbocycles. The normalized spacial score (nSPS) is 14.7. The van der Waals surface area contributed by atoms with E-state index in [4.69, 9.17) is 0 Å². The van der Waals surface area contributed by atoms with Crippen LogP contribution in [-0.4, -0.2) is 0 Å². The van der Waals surface area contributed by atoms with Gasteiger partial charge in [0.1, 0.15) is 0 Å². The second-order valence-corrected chi connectivity index (χ2v) is 13.1. The van der Waals surface area contributed by atoms with Crippen molar-refractivity contribution in [2.24, 2.45) is 0 Å². The Hall–Kier alpha value is -5.20. The number of benzene rings is 7. The van der Waals surface area contributed by atoms with Gasteiger partial charge in [0.25, 0.3) is 0 Å². The van der Waals surface area contributed by atoms with Gasteiger partial charge in [0.15, 0.2) is 0 Å². The van der Waals surface area contributed by atoms with Crippen molar-refractivity contribution in [3.05, 3.63) is 167 Å². The van der Waals surface area contributed by atoms with E-state index < -0.39 is 0 Å². The van der Waals surface area contributed by atoms with Crippen LogP contribution in [0.3, 0.4) is 0 Å². The fourth-order valence-corrected chi connectivity index (χ4v) is 7.63. The van der Waals surface area contributed by atoms with Crippen LogP contribution in [0.15, 0.2) is 145 Å². The first-order chi connectivity index (χ1) is 22.5. The average Bonchev–Trinajstić information content (AvgIpc) is 3.09. The van der Waals surface area contributed by atoms with Crippen LogP contribution in [0.4, 0.5) is 0 Å². The van der Waals surface area contributed by atoms with E-state index >= 15 is 0 Å². The summed E-state index contributed by atoms with van der Waals surface area (Å²) in [6, 6.07) is 45.4. The van der Waals surface area contributed by atoms with Crippen LogP contribution in [0.2, 0.25) is 0 Å². The van der Waals surface area contributed by atoms with Crippen LogP contribution in [0.25, 0.3) is 65.7 Å². The molecule has 0 N–H and O–H groups in total. The predicted molar refractivity (Wildman–Crippen MR) is 200 cm³/mol. The van der Waals surface area contributed by atoms with Crippen molar-refractivity contribution >= 4 is 32.3 Å². The molecule has 0 aromatic heterocycles. The standard InChI is InChI=1S/C46H38/c1-29-19-23-35(24-20-29)41-37-17-11-12-18-38(37)42(36-25-21-30(2)22-26-36)46-44(34-15-9-6-10-16-34)40-28-32(4)31(3)27-39(40)43(45(41)46)33-13-7-5-8-14-33/h5-25,27-28,36H,26H2,1-4H3. The van der Waals surface area contributed by atoms with Crippen molar-refractivity contribution in [2.75, 3.05) is 0 Å². The Morgan fingerprint density at radius 3 is 1.54 bits per heavy atom. The molecular weight excluding hydrogens is 553 g/mol. The molecule has 0 saturated heterocycles. The molecule has 1 aliphatic rings. The Morgan fingerprint density at radius 1 is 0.478 bits per heavy atom. The minimum atomic E-state index is 0.262. The molecule has 1 unspecified atom stereocenters. The van der Waals surface area contributed by atoms with E-state index in [1.165, 1.54) is 93.5 Å². The molecule has 0 nitrogen and oxygen atoms in total. The van der Waals surface area contributed by atoms with Gasteiger partial charge in [-0.05, 0) is 117 Å². The first-order valence-corrected chi connectivity index (χ1v) is 16.5. The summed E-state index contributed by atoms with van der Waals surface area (Å²) >= 11 is 0. The molecule has 0 amide bonds. The summed E-state index contributed by atoms with van der Waals surface area (Å²) in [6.45, 7) is 8.90. The quantitative estimate of drug-likeness (QED) is 0.179. The summed E-state index contributed by atoms with van der Waals surface area (Å²) in [4.78, 5) is 0. The maximum absolute atomic E-state index is 2.45. The first-order valence-electron chi connectivity index (χ1n) is 16.5. The minimum absolute atomic E-state index is 0.262. The van der Waals surface area contributed by atoms with Gasteiger partial charge >= 0.3 is 0 Å². The van der Waals surface area contributed by atoms with Gasteiger partial charge in [0.05, 0.1) is 0 Å². The molecule has 0 aliphatic heterocycles. The minimum Gasteiger partial charge on any atom is -0.0807 e. The van der Waals surface area contributed by atoms with E-state index in [0.29, 0.717) is 0 Å². The molecule has 7 aromatic rings. The van der Waals surface area contributed by atoms with Crippen LogP contribution in [0.1, 0.15) is 41.5 Å². The summed E-state index contributed by atoms with van der Waals surface area (Å²) in [6.07, 6.45) is 8.17. The summed E-state index contributed by atoms with van der Waals surface area (Å²) in [5, 5.41) is 8.00. The zero-order valence-corrected chi connectivity index (χ0v) is 27.1. The van der Waals surface area contributed by atoms with E-state index in [-0.39, 0.29) is 5.92 Å².